The molecule has 0 aromatic heterocycles. The summed E-state index contributed by atoms with van der Waals surface area (Å²) in [4.78, 5) is 0. The van der Waals surface area contributed by atoms with E-state index in [-0.39, 0.29) is 12.0 Å². The highest BCUT2D eigenvalue weighted by Gasteiger charge is 2.42. The predicted molar refractivity (Wildman–Crippen MR) is 87.4 cm³/mol. The van der Waals surface area contributed by atoms with Gasteiger partial charge in [0, 0.05) is 14.0 Å². The quantitative estimate of drug-likeness (QED) is 0.480. The lowest BCUT2D eigenvalue weighted by atomic mass is 9.93. The fourth-order valence-corrected chi connectivity index (χ4v) is 5.49. The van der Waals surface area contributed by atoms with Crippen LogP contribution in [0.5, 0.6) is 0 Å². The van der Waals surface area contributed by atoms with Crippen molar-refractivity contribution in [2.45, 2.75) is 63.6 Å². The van der Waals surface area contributed by atoms with Crippen LogP contribution in [0.2, 0.25) is 44.8 Å². The molecule has 0 amide bonds. The third-order valence-electron chi connectivity index (χ3n) is 3.55. The summed E-state index contributed by atoms with van der Waals surface area (Å²) in [6.45, 7) is 17.7. The van der Waals surface area contributed by atoms with Crippen molar-refractivity contribution >= 4 is 16.1 Å². The van der Waals surface area contributed by atoms with Gasteiger partial charge >= 0.3 is 0 Å². The van der Waals surface area contributed by atoms with Crippen molar-refractivity contribution < 1.29 is 9.84 Å². The Morgan fingerprint density at radius 1 is 1.21 bits per heavy atom. The Balaban J connectivity index is 3.02. The van der Waals surface area contributed by atoms with Gasteiger partial charge in [0.25, 0.3) is 0 Å². The molecule has 1 heterocycles. The molecular formula is C15H28O2Si2. The van der Waals surface area contributed by atoms with E-state index in [1.54, 1.807) is 0 Å². The van der Waals surface area contributed by atoms with Crippen LogP contribution in [-0.2, 0) is 4.74 Å². The average molecular weight is 297 g/mol. The van der Waals surface area contributed by atoms with Gasteiger partial charge in [-0.25, -0.2) is 0 Å². The van der Waals surface area contributed by atoms with Gasteiger partial charge in [-0.15, -0.1) is 12.1 Å². The highest BCUT2D eigenvalue weighted by atomic mass is 28.3. The SMILES string of the molecule is C=CC1C(C#C[Si](C)(C)C)OC(O)CC1[Si](C)(C)C. The first kappa shape index (κ1) is 16.7. The molecule has 0 bridgehead atoms. The van der Waals surface area contributed by atoms with Crippen molar-refractivity contribution in [1.82, 2.24) is 0 Å². The normalized spacial score (nSPS) is 32.4. The second-order valence-corrected chi connectivity index (χ2v) is 17.8. The van der Waals surface area contributed by atoms with Gasteiger partial charge in [-0.1, -0.05) is 51.3 Å². The lowest BCUT2D eigenvalue weighted by Gasteiger charge is -2.42. The molecule has 0 aliphatic carbocycles. The maximum Gasteiger partial charge on any atom is 0.156 e. The Morgan fingerprint density at radius 2 is 1.79 bits per heavy atom. The molecule has 4 unspecified atom stereocenters. The van der Waals surface area contributed by atoms with Crippen LogP contribution in [0.1, 0.15) is 6.42 Å². The Morgan fingerprint density at radius 3 is 2.21 bits per heavy atom. The Labute approximate surface area is 120 Å². The maximum atomic E-state index is 9.97. The molecule has 0 aromatic carbocycles. The molecule has 1 rings (SSSR count). The molecule has 19 heavy (non-hydrogen) atoms. The summed E-state index contributed by atoms with van der Waals surface area (Å²) in [5.74, 6) is 3.52. The molecule has 1 fully saturated rings. The first-order valence-corrected chi connectivity index (χ1v) is 14.1. The summed E-state index contributed by atoms with van der Waals surface area (Å²) >= 11 is 0. The minimum absolute atomic E-state index is 0.190. The molecule has 1 saturated heterocycles. The van der Waals surface area contributed by atoms with Gasteiger partial charge in [0.2, 0.25) is 0 Å². The monoisotopic (exact) mass is 296 g/mol. The topological polar surface area (TPSA) is 29.5 Å². The highest BCUT2D eigenvalue weighted by Crippen LogP contribution is 2.41. The largest absolute Gasteiger partial charge is 0.368 e. The molecule has 1 N–H and O–H groups in total. The molecule has 2 nitrogen and oxygen atoms in total. The smallest absolute Gasteiger partial charge is 0.156 e. The van der Waals surface area contributed by atoms with Gasteiger partial charge in [-0.2, -0.15) is 0 Å². The van der Waals surface area contributed by atoms with E-state index in [0.717, 1.165) is 6.42 Å². The van der Waals surface area contributed by atoms with E-state index < -0.39 is 22.4 Å². The van der Waals surface area contributed by atoms with Crippen LogP contribution in [-0.4, -0.2) is 33.6 Å². The van der Waals surface area contributed by atoms with Crippen LogP contribution in [0, 0.1) is 17.4 Å². The van der Waals surface area contributed by atoms with Crippen molar-refractivity contribution in [2.24, 2.45) is 5.92 Å². The summed E-state index contributed by atoms with van der Waals surface area (Å²) < 4.78 is 5.67. The van der Waals surface area contributed by atoms with Crippen LogP contribution in [0.3, 0.4) is 0 Å². The summed E-state index contributed by atoms with van der Waals surface area (Å²) in [6.07, 6.45) is 1.84. The first-order chi connectivity index (χ1) is 8.54. The van der Waals surface area contributed by atoms with Gasteiger partial charge < -0.3 is 9.84 Å². The zero-order valence-corrected chi connectivity index (χ0v) is 15.2. The van der Waals surface area contributed by atoms with Crippen molar-refractivity contribution in [1.29, 1.82) is 0 Å². The minimum atomic E-state index is -1.42. The van der Waals surface area contributed by atoms with Crippen LogP contribution < -0.4 is 0 Å². The number of rotatable bonds is 2. The summed E-state index contributed by atoms with van der Waals surface area (Å²) in [7, 11) is -2.79. The number of ether oxygens (including phenoxy) is 1. The number of hydrogen-bond donors (Lipinski definition) is 1. The van der Waals surface area contributed by atoms with Crippen molar-refractivity contribution in [3.8, 4) is 11.5 Å². The Kier molecular flexibility index (Phi) is 5.24. The predicted octanol–water partition coefficient (Wildman–Crippen LogP) is 3.49. The summed E-state index contributed by atoms with van der Waals surface area (Å²) in [5.41, 5.74) is 3.85. The fourth-order valence-electron chi connectivity index (χ4n) is 2.54. The lowest BCUT2D eigenvalue weighted by Crippen LogP contribution is -2.45. The summed E-state index contributed by atoms with van der Waals surface area (Å²) in [5, 5.41) is 9.97. The molecular weight excluding hydrogens is 268 g/mol. The van der Waals surface area contributed by atoms with Crippen molar-refractivity contribution in [3.63, 3.8) is 0 Å². The van der Waals surface area contributed by atoms with Crippen LogP contribution >= 0.6 is 0 Å². The third kappa shape index (κ3) is 4.92. The first-order valence-electron chi connectivity index (χ1n) is 7.03. The number of aliphatic hydroxyl groups is 1. The van der Waals surface area contributed by atoms with Crippen LogP contribution in [0.15, 0.2) is 12.7 Å². The van der Waals surface area contributed by atoms with Crippen molar-refractivity contribution in [3.05, 3.63) is 12.7 Å². The molecule has 1 aliphatic rings. The zero-order chi connectivity index (χ0) is 14.8. The standard InChI is InChI=1S/C15H28O2Si2/c1-8-12-13(9-10-18(2,3)4)17-15(16)11-14(12)19(5,6)7/h8,12-16H,1,11H2,2-7H3. The molecule has 0 spiro atoms. The zero-order valence-electron chi connectivity index (χ0n) is 13.2. The highest BCUT2D eigenvalue weighted by molar-refractivity contribution is 6.83. The van der Waals surface area contributed by atoms with E-state index in [4.69, 9.17) is 4.74 Å². The molecule has 4 heteroatoms. The van der Waals surface area contributed by atoms with Gasteiger partial charge in [0.05, 0.1) is 0 Å². The van der Waals surface area contributed by atoms with Crippen LogP contribution in [0.4, 0.5) is 0 Å². The van der Waals surface area contributed by atoms with Gasteiger partial charge in [-0.3, -0.25) is 0 Å². The average Bonchev–Trinajstić information content (AvgIpc) is 2.23. The van der Waals surface area contributed by atoms with Crippen molar-refractivity contribution in [2.75, 3.05) is 0 Å². The molecule has 0 radical (unpaired) electrons. The van der Waals surface area contributed by atoms with Gasteiger partial charge in [0.1, 0.15) is 14.2 Å². The van der Waals surface area contributed by atoms with E-state index in [1.807, 2.05) is 6.08 Å². The van der Waals surface area contributed by atoms with E-state index in [9.17, 15) is 5.11 Å². The van der Waals surface area contributed by atoms with Gasteiger partial charge in [0.15, 0.2) is 6.29 Å². The molecule has 108 valence electrons. The molecule has 0 saturated carbocycles. The second kappa shape index (κ2) is 5.96. The number of aliphatic hydroxyl groups excluding tert-OH is 1. The van der Waals surface area contributed by atoms with Gasteiger partial charge in [-0.05, 0) is 12.0 Å². The Bertz CT molecular complexity index is 382. The molecule has 1 aliphatic heterocycles. The van der Waals surface area contributed by atoms with E-state index in [2.05, 4.69) is 57.3 Å². The van der Waals surface area contributed by atoms with E-state index >= 15 is 0 Å². The summed E-state index contributed by atoms with van der Waals surface area (Å²) in [6, 6.07) is 0. The third-order valence-corrected chi connectivity index (χ3v) is 7.29. The number of hydrogen-bond acceptors (Lipinski definition) is 2. The van der Waals surface area contributed by atoms with E-state index in [1.165, 1.54) is 0 Å². The fraction of sp³-hybridized carbons (Fsp3) is 0.733. The maximum absolute atomic E-state index is 9.97. The molecule has 4 atom stereocenters. The Hall–Kier alpha value is -0.346. The van der Waals surface area contributed by atoms with E-state index in [0.29, 0.717) is 5.54 Å². The lowest BCUT2D eigenvalue weighted by molar-refractivity contribution is -0.157. The second-order valence-electron chi connectivity index (χ2n) is 7.55. The van der Waals surface area contributed by atoms with Crippen LogP contribution in [0.25, 0.3) is 0 Å². The molecule has 0 aromatic rings. The minimum Gasteiger partial charge on any atom is -0.368 e.